The van der Waals surface area contributed by atoms with Crippen molar-refractivity contribution in [3.8, 4) is 0 Å². The molecule has 2 nitrogen and oxygen atoms in total. The third-order valence-corrected chi connectivity index (χ3v) is 2.03. The Morgan fingerprint density at radius 2 is 2.42 bits per heavy atom. The van der Waals surface area contributed by atoms with Crippen LogP contribution in [0.15, 0.2) is 23.9 Å². The first-order chi connectivity index (χ1) is 5.68. The summed E-state index contributed by atoms with van der Waals surface area (Å²) >= 11 is 0. The van der Waals surface area contributed by atoms with Crippen LogP contribution < -0.4 is 0 Å². The molecule has 1 atom stereocenters. The van der Waals surface area contributed by atoms with Crippen molar-refractivity contribution in [3.05, 3.63) is 23.9 Å². The molecule has 1 heterocycles. The van der Waals surface area contributed by atoms with Crippen molar-refractivity contribution >= 4 is 0 Å². The molecule has 12 heavy (non-hydrogen) atoms. The summed E-state index contributed by atoms with van der Waals surface area (Å²) in [6, 6.07) is 0. The molecule has 0 fully saturated rings. The minimum atomic E-state index is -0.189. The highest BCUT2D eigenvalue weighted by Crippen LogP contribution is 2.06. The number of aliphatic hydroxyl groups excluding tert-OH is 1. The monoisotopic (exact) mass is 167 g/mol. The maximum atomic E-state index is 9.07. The van der Waals surface area contributed by atoms with Gasteiger partial charge < -0.3 is 10.0 Å². The zero-order chi connectivity index (χ0) is 8.97. The van der Waals surface area contributed by atoms with Gasteiger partial charge in [-0.25, -0.2) is 0 Å². The molecule has 68 valence electrons. The number of aliphatic hydroxyl groups is 1. The Morgan fingerprint density at radius 3 is 2.92 bits per heavy atom. The van der Waals surface area contributed by atoms with Gasteiger partial charge in [0.05, 0.1) is 6.10 Å². The summed E-state index contributed by atoms with van der Waals surface area (Å²) in [6.07, 6.45) is 7.05. The molecule has 2 heteroatoms. The minimum absolute atomic E-state index is 0.189. The van der Waals surface area contributed by atoms with Crippen LogP contribution in [0.1, 0.15) is 20.3 Å². The summed E-state index contributed by atoms with van der Waals surface area (Å²) in [5.74, 6) is 0. The molecule has 1 aliphatic heterocycles. The first-order valence-corrected chi connectivity index (χ1v) is 4.45. The zero-order valence-corrected chi connectivity index (χ0v) is 7.83. The number of hydrogen-bond acceptors (Lipinski definition) is 2. The predicted octanol–water partition coefficient (Wildman–Crippen LogP) is 1.53. The van der Waals surface area contributed by atoms with Crippen molar-refractivity contribution in [2.45, 2.75) is 26.4 Å². The molecular weight excluding hydrogens is 150 g/mol. The number of hydrogen-bond donors (Lipinski definition) is 1. The van der Waals surface area contributed by atoms with Gasteiger partial charge in [0.15, 0.2) is 0 Å². The number of nitrogens with zero attached hydrogens (tertiary/aromatic N) is 1. The van der Waals surface area contributed by atoms with E-state index >= 15 is 0 Å². The van der Waals surface area contributed by atoms with E-state index in [4.69, 9.17) is 5.11 Å². The van der Waals surface area contributed by atoms with Crippen LogP contribution in [0.2, 0.25) is 0 Å². The quantitative estimate of drug-likeness (QED) is 0.689. The fraction of sp³-hybridized carbons (Fsp3) is 0.600. The molecule has 0 bridgehead atoms. The van der Waals surface area contributed by atoms with Crippen LogP contribution >= 0.6 is 0 Å². The molecular formula is C10H17NO. The van der Waals surface area contributed by atoms with Crippen molar-refractivity contribution in [1.29, 1.82) is 0 Å². The van der Waals surface area contributed by atoms with Crippen LogP contribution in [0.3, 0.4) is 0 Å². The molecule has 0 aliphatic carbocycles. The van der Waals surface area contributed by atoms with Crippen molar-refractivity contribution < 1.29 is 5.11 Å². The highest BCUT2D eigenvalue weighted by molar-refractivity contribution is 5.19. The van der Waals surface area contributed by atoms with Crippen molar-refractivity contribution in [2.24, 2.45) is 0 Å². The molecule has 0 aromatic rings. The van der Waals surface area contributed by atoms with Crippen molar-refractivity contribution in [2.75, 3.05) is 13.1 Å². The van der Waals surface area contributed by atoms with Gasteiger partial charge in [0.2, 0.25) is 0 Å². The van der Waals surface area contributed by atoms with E-state index in [1.807, 2.05) is 6.92 Å². The Bertz CT molecular complexity index is 194. The van der Waals surface area contributed by atoms with Crippen LogP contribution in [-0.4, -0.2) is 29.2 Å². The zero-order valence-electron chi connectivity index (χ0n) is 7.83. The van der Waals surface area contributed by atoms with E-state index in [0.29, 0.717) is 0 Å². The van der Waals surface area contributed by atoms with Gasteiger partial charge in [-0.15, -0.1) is 0 Å². The molecule has 0 amide bonds. The van der Waals surface area contributed by atoms with E-state index < -0.39 is 0 Å². The Balaban J connectivity index is 2.25. The highest BCUT2D eigenvalue weighted by Gasteiger charge is 2.03. The van der Waals surface area contributed by atoms with E-state index in [1.54, 1.807) is 0 Å². The average Bonchev–Trinajstić information content (AvgIpc) is 2.03. The topological polar surface area (TPSA) is 23.5 Å². The molecule has 0 saturated carbocycles. The van der Waals surface area contributed by atoms with Gasteiger partial charge in [0.25, 0.3) is 0 Å². The molecule has 1 aliphatic rings. The third-order valence-electron chi connectivity index (χ3n) is 2.03. The smallest absolute Gasteiger partial charge is 0.0528 e. The minimum Gasteiger partial charge on any atom is -0.393 e. The van der Waals surface area contributed by atoms with Crippen LogP contribution in [0, 0.1) is 0 Å². The fourth-order valence-corrected chi connectivity index (χ4v) is 1.13. The lowest BCUT2D eigenvalue weighted by molar-refractivity contribution is 0.171. The van der Waals surface area contributed by atoms with Crippen LogP contribution in [-0.2, 0) is 0 Å². The van der Waals surface area contributed by atoms with Crippen LogP contribution in [0.4, 0.5) is 0 Å². The molecule has 0 aromatic carbocycles. The molecule has 0 radical (unpaired) electrons. The second kappa shape index (κ2) is 4.31. The fourth-order valence-electron chi connectivity index (χ4n) is 1.13. The van der Waals surface area contributed by atoms with Gasteiger partial charge in [-0.05, 0) is 32.5 Å². The largest absolute Gasteiger partial charge is 0.393 e. The van der Waals surface area contributed by atoms with Gasteiger partial charge in [-0.2, -0.15) is 0 Å². The molecule has 0 unspecified atom stereocenters. The highest BCUT2D eigenvalue weighted by atomic mass is 16.3. The molecule has 0 aromatic heterocycles. The normalized spacial score (nSPS) is 19.2. The maximum Gasteiger partial charge on any atom is 0.0528 e. The van der Waals surface area contributed by atoms with Gasteiger partial charge in [-0.3, -0.25) is 0 Å². The maximum absolute atomic E-state index is 9.07. The molecule has 1 N–H and O–H groups in total. The second-order valence-electron chi connectivity index (χ2n) is 3.40. The lowest BCUT2D eigenvalue weighted by Gasteiger charge is -2.22. The van der Waals surface area contributed by atoms with E-state index in [1.165, 1.54) is 5.57 Å². The average molecular weight is 167 g/mol. The summed E-state index contributed by atoms with van der Waals surface area (Å²) in [4.78, 5) is 2.21. The van der Waals surface area contributed by atoms with Gasteiger partial charge in [0, 0.05) is 13.1 Å². The lowest BCUT2D eigenvalue weighted by atomic mass is 10.2. The second-order valence-corrected chi connectivity index (χ2v) is 3.40. The van der Waals surface area contributed by atoms with Crippen LogP contribution in [0.25, 0.3) is 0 Å². The van der Waals surface area contributed by atoms with E-state index in [9.17, 15) is 0 Å². The van der Waals surface area contributed by atoms with E-state index in [-0.39, 0.29) is 6.10 Å². The Morgan fingerprint density at radius 1 is 1.67 bits per heavy atom. The van der Waals surface area contributed by atoms with E-state index in [0.717, 1.165) is 19.5 Å². The summed E-state index contributed by atoms with van der Waals surface area (Å²) in [7, 11) is 0. The first-order valence-electron chi connectivity index (χ1n) is 4.45. The standard InChI is InChI=1S/C10H17NO/c1-9-3-6-11(7-4-9)8-5-10(2)12/h3-4,6,10,12H,5,7-8H2,1-2H3/t10-/m1/s1. The SMILES string of the molecule is CC1=CCN(CC[C@@H](C)O)C=C1. The van der Waals surface area contributed by atoms with Gasteiger partial charge in [0.1, 0.15) is 0 Å². The molecule has 0 spiro atoms. The summed E-state index contributed by atoms with van der Waals surface area (Å²) in [6.45, 7) is 5.85. The summed E-state index contributed by atoms with van der Waals surface area (Å²) in [5.41, 5.74) is 1.32. The first kappa shape index (κ1) is 9.33. The Labute approximate surface area is 74.2 Å². The lowest BCUT2D eigenvalue weighted by Crippen LogP contribution is -2.23. The van der Waals surface area contributed by atoms with Gasteiger partial charge in [-0.1, -0.05) is 11.6 Å². The Hall–Kier alpha value is -0.760. The third kappa shape index (κ3) is 3.09. The molecule has 1 rings (SSSR count). The predicted molar refractivity (Wildman–Crippen MR) is 50.8 cm³/mol. The summed E-state index contributed by atoms with van der Waals surface area (Å²) < 4.78 is 0. The van der Waals surface area contributed by atoms with Crippen LogP contribution in [0.5, 0.6) is 0 Å². The number of allylic oxidation sites excluding steroid dienone is 2. The number of rotatable bonds is 3. The van der Waals surface area contributed by atoms with Crippen molar-refractivity contribution in [3.63, 3.8) is 0 Å². The van der Waals surface area contributed by atoms with Gasteiger partial charge >= 0.3 is 0 Å². The Kier molecular flexibility index (Phi) is 3.35. The van der Waals surface area contributed by atoms with E-state index in [2.05, 4.69) is 30.2 Å². The van der Waals surface area contributed by atoms with Crippen molar-refractivity contribution in [1.82, 2.24) is 4.90 Å². The molecule has 0 saturated heterocycles. The summed E-state index contributed by atoms with van der Waals surface area (Å²) in [5, 5.41) is 9.07.